The largest absolute Gasteiger partial charge is 0.221 e. The second-order valence-electron chi connectivity index (χ2n) is 4.77. The van der Waals surface area contributed by atoms with Crippen LogP contribution < -0.4 is 0 Å². The molecule has 0 atom stereocenters. The number of benzene rings is 1. The van der Waals surface area contributed by atoms with Crippen molar-refractivity contribution in [1.29, 1.82) is 10.5 Å². The minimum atomic E-state index is 0.000476. The molecule has 2 aromatic rings. The summed E-state index contributed by atoms with van der Waals surface area (Å²) in [7, 11) is 0. The van der Waals surface area contributed by atoms with Gasteiger partial charge in [0.1, 0.15) is 22.9 Å². The van der Waals surface area contributed by atoms with Crippen molar-refractivity contribution in [3.8, 4) is 17.8 Å². The number of aromatic nitrogens is 2. The highest BCUT2D eigenvalue weighted by Crippen LogP contribution is 2.27. The summed E-state index contributed by atoms with van der Waals surface area (Å²) in [5.41, 5.74) is 4.30. The number of allylic oxidation sites excluding steroid dienone is 1. The van der Waals surface area contributed by atoms with Crippen LogP contribution in [0.4, 0.5) is 0 Å². The van der Waals surface area contributed by atoms with Crippen LogP contribution in [0.5, 0.6) is 0 Å². The maximum atomic E-state index is 8.86. The first-order valence-corrected chi connectivity index (χ1v) is 6.70. The van der Waals surface area contributed by atoms with Gasteiger partial charge in [0, 0.05) is 5.56 Å². The fourth-order valence-electron chi connectivity index (χ4n) is 2.02. The molecular weight excluding hydrogens is 284 g/mol. The minimum Gasteiger partial charge on any atom is -0.221 e. The summed E-state index contributed by atoms with van der Waals surface area (Å²) in [6.45, 7) is 5.77. The summed E-state index contributed by atoms with van der Waals surface area (Å²) in [6.07, 6.45) is 1.46. The van der Waals surface area contributed by atoms with Crippen molar-refractivity contribution in [3.05, 3.63) is 51.3 Å². The Morgan fingerprint density at radius 1 is 1.24 bits per heavy atom. The molecule has 2 rings (SSSR count). The van der Waals surface area contributed by atoms with Gasteiger partial charge in [0.25, 0.3) is 0 Å². The van der Waals surface area contributed by atoms with Crippen LogP contribution in [0.3, 0.4) is 0 Å². The van der Waals surface area contributed by atoms with Crippen LogP contribution in [-0.4, -0.2) is 9.78 Å². The highest BCUT2D eigenvalue weighted by Gasteiger charge is 2.15. The van der Waals surface area contributed by atoms with Gasteiger partial charge in [-0.15, -0.1) is 0 Å². The lowest BCUT2D eigenvalue weighted by molar-refractivity contribution is 0.855. The standard InChI is InChI=1S/C16H13ClN4/c1-10-4-5-11(2)15(6-10)21-16(17)14(12(3)20-21)7-13(8-18)9-19/h4-7H,1-3H3. The molecule has 0 aliphatic rings. The Bertz CT molecular complexity index is 800. The Morgan fingerprint density at radius 3 is 2.52 bits per heavy atom. The number of rotatable bonds is 2. The van der Waals surface area contributed by atoms with Crippen molar-refractivity contribution in [3.63, 3.8) is 0 Å². The molecular formula is C16H13ClN4. The number of nitrogens with zero attached hydrogens (tertiary/aromatic N) is 4. The number of halogens is 1. The second kappa shape index (κ2) is 5.83. The van der Waals surface area contributed by atoms with E-state index in [1.807, 2.05) is 44.2 Å². The van der Waals surface area contributed by atoms with Crippen molar-refractivity contribution in [2.24, 2.45) is 0 Å². The molecule has 5 heteroatoms. The summed E-state index contributed by atoms with van der Waals surface area (Å²) < 4.78 is 1.64. The predicted octanol–water partition coefficient (Wildman–Crippen LogP) is 3.88. The maximum absolute atomic E-state index is 8.86. The Labute approximate surface area is 128 Å². The number of aryl methyl sites for hydroxylation is 3. The van der Waals surface area contributed by atoms with Crippen LogP contribution in [0.2, 0.25) is 5.15 Å². The third-order valence-electron chi connectivity index (χ3n) is 3.17. The zero-order chi connectivity index (χ0) is 15.6. The average molecular weight is 297 g/mol. The van der Waals surface area contributed by atoms with Crippen LogP contribution in [0.1, 0.15) is 22.4 Å². The van der Waals surface area contributed by atoms with E-state index in [9.17, 15) is 0 Å². The van der Waals surface area contributed by atoms with E-state index in [0.717, 1.165) is 16.8 Å². The van der Waals surface area contributed by atoms with Gasteiger partial charge in [-0.05, 0) is 44.0 Å². The van der Waals surface area contributed by atoms with E-state index in [1.165, 1.54) is 6.08 Å². The Kier molecular flexibility index (Phi) is 4.12. The van der Waals surface area contributed by atoms with Crippen molar-refractivity contribution < 1.29 is 0 Å². The van der Waals surface area contributed by atoms with Crippen LogP contribution in [0.15, 0.2) is 23.8 Å². The summed E-state index contributed by atoms with van der Waals surface area (Å²) in [4.78, 5) is 0. The van der Waals surface area contributed by atoms with Crippen LogP contribution in [0, 0.1) is 43.4 Å². The van der Waals surface area contributed by atoms with E-state index in [0.29, 0.717) is 16.4 Å². The lowest BCUT2D eigenvalue weighted by Crippen LogP contribution is -2.00. The molecule has 0 aliphatic carbocycles. The van der Waals surface area contributed by atoms with Gasteiger partial charge in [0.05, 0.1) is 11.4 Å². The zero-order valence-corrected chi connectivity index (χ0v) is 12.7. The molecule has 0 radical (unpaired) electrons. The molecule has 104 valence electrons. The van der Waals surface area contributed by atoms with E-state index < -0.39 is 0 Å². The van der Waals surface area contributed by atoms with Crippen LogP contribution in [-0.2, 0) is 0 Å². The van der Waals surface area contributed by atoms with Gasteiger partial charge < -0.3 is 0 Å². The van der Waals surface area contributed by atoms with E-state index in [2.05, 4.69) is 5.10 Å². The number of nitriles is 2. The molecule has 1 aromatic heterocycles. The molecule has 0 aliphatic heterocycles. The van der Waals surface area contributed by atoms with Gasteiger partial charge in [-0.1, -0.05) is 23.7 Å². The molecule has 0 spiro atoms. The molecule has 1 heterocycles. The average Bonchev–Trinajstić information content (AvgIpc) is 2.74. The Balaban J connectivity index is 2.65. The fraction of sp³-hybridized carbons (Fsp3) is 0.188. The summed E-state index contributed by atoms with van der Waals surface area (Å²) in [5.74, 6) is 0. The predicted molar refractivity (Wildman–Crippen MR) is 82.0 cm³/mol. The molecule has 1 aromatic carbocycles. The van der Waals surface area contributed by atoms with Gasteiger partial charge >= 0.3 is 0 Å². The smallest absolute Gasteiger partial charge is 0.140 e. The summed E-state index contributed by atoms with van der Waals surface area (Å²) in [5, 5.41) is 22.5. The topological polar surface area (TPSA) is 65.4 Å². The number of hydrogen-bond donors (Lipinski definition) is 0. The van der Waals surface area contributed by atoms with Gasteiger partial charge in [-0.3, -0.25) is 0 Å². The highest BCUT2D eigenvalue weighted by atomic mass is 35.5. The first kappa shape index (κ1) is 14.8. The summed E-state index contributed by atoms with van der Waals surface area (Å²) in [6, 6.07) is 9.68. The SMILES string of the molecule is Cc1ccc(C)c(-n2nc(C)c(C=C(C#N)C#N)c2Cl)c1. The van der Waals surface area contributed by atoms with Gasteiger partial charge in [0.2, 0.25) is 0 Å². The third kappa shape index (κ3) is 2.81. The van der Waals surface area contributed by atoms with Gasteiger partial charge in [0.15, 0.2) is 0 Å². The molecule has 0 amide bonds. The van der Waals surface area contributed by atoms with E-state index in [-0.39, 0.29) is 5.57 Å². The summed E-state index contributed by atoms with van der Waals surface area (Å²) >= 11 is 6.38. The Hall–Kier alpha value is -2.56. The molecule has 21 heavy (non-hydrogen) atoms. The first-order valence-electron chi connectivity index (χ1n) is 6.32. The van der Waals surface area contributed by atoms with Crippen molar-refractivity contribution in [2.45, 2.75) is 20.8 Å². The molecule has 4 nitrogen and oxygen atoms in total. The molecule has 0 saturated carbocycles. The minimum absolute atomic E-state index is 0.000476. The third-order valence-corrected chi connectivity index (χ3v) is 3.53. The lowest BCUT2D eigenvalue weighted by Gasteiger charge is -2.08. The molecule has 0 fully saturated rings. The highest BCUT2D eigenvalue weighted by molar-refractivity contribution is 6.31. The quantitative estimate of drug-likeness (QED) is 0.790. The maximum Gasteiger partial charge on any atom is 0.140 e. The second-order valence-corrected chi connectivity index (χ2v) is 5.13. The van der Waals surface area contributed by atoms with E-state index in [4.69, 9.17) is 22.1 Å². The Morgan fingerprint density at radius 2 is 1.90 bits per heavy atom. The van der Waals surface area contributed by atoms with Crippen LogP contribution >= 0.6 is 11.6 Å². The van der Waals surface area contributed by atoms with Gasteiger partial charge in [-0.25, -0.2) is 4.68 Å². The van der Waals surface area contributed by atoms with Crippen molar-refractivity contribution in [2.75, 3.05) is 0 Å². The van der Waals surface area contributed by atoms with Gasteiger partial charge in [-0.2, -0.15) is 15.6 Å². The molecule has 0 saturated heterocycles. The molecule has 0 N–H and O–H groups in total. The molecule has 0 unspecified atom stereocenters. The number of hydrogen-bond acceptors (Lipinski definition) is 3. The molecule has 0 bridgehead atoms. The van der Waals surface area contributed by atoms with E-state index >= 15 is 0 Å². The fourth-order valence-corrected chi connectivity index (χ4v) is 2.34. The lowest BCUT2D eigenvalue weighted by atomic mass is 10.1. The monoisotopic (exact) mass is 296 g/mol. The van der Waals surface area contributed by atoms with Crippen LogP contribution in [0.25, 0.3) is 11.8 Å². The zero-order valence-electron chi connectivity index (χ0n) is 12.0. The van der Waals surface area contributed by atoms with E-state index in [1.54, 1.807) is 11.6 Å². The normalized spacial score (nSPS) is 9.81. The van der Waals surface area contributed by atoms with Crippen molar-refractivity contribution in [1.82, 2.24) is 9.78 Å². The van der Waals surface area contributed by atoms with Crippen molar-refractivity contribution >= 4 is 17.7 Å². The first-order chi connectivity index (χ1) is 9.97.